The average molecular weight is 268 g/mol. The van der Waals surface area contributed by atoms with Gasteiger partial charge in [-0.05, 0) is 46.3 Å². The summed E-state index contributed by atoms with van der Waals surface area (Å²) < 4.78 is 0. The van der Waals surface area contributed by atoms with Gasteiger partial charge in [0.2, 0.25) is 0 Å². The van der Waals surface area contributed by atoms with E-state index in [0.29, 0.717) is 12.6 Å². The summed E-state index contributed by atoms with van der Waals surface area (Å²) in [6.45, 7) is 17.4. The van der Waals surface area contributed by atoms with E-state index < -0.39 is 0 Å². The zero-order valence-electron chi connectivity index (χ0n) is 13.2. The predicted molar refractivity (Wildman–Crippen MR) is 85.8 cm³/mol. The van der Waals surface area contributed by atoms with E-state index in [4.69, 9.17) is 0 Å². The van der Waals surface area contributed by atoms with Crippen LogP contribution in [0.1, 0.15) is 40.5 Å². The lowest BCUT2D eigenvalue weighted by atomic mass is 10.2. The first-order valence-electron chi connectivity index (χ1n) is 7.55. The summed E-state index contributed by atoms with van der Waals surface area (Å²) in [5, 5.41) is 6.69. The van der Waals surface area contributed by atoms with Crippen LogP contribution in [-0.4, -0.2) is 49.6 Å². The lowest BCUT2D eigenvalue weighted by Crippen LogP contribution is -2.42. The third kappa shape index (κ3) is 9.54. The first-order chi connectivity index (χ1) is 9.17. The van der Waals surface area contributed by atoms with E-state index in [-0.39, 0.29) is 0 Å². The molecule has 0 fully saturated rings. The summed E-state index contributed by atoms with van der Waals surface area (Å²) in [5.41, 5.74) is 0. The fraction of sp³-hybridized carbons (Fsp3) is 0.800. The average Bonchev–Trinajstić information content (AvgIpc) is 2.41. The lowest BCUT2D eigenvalue weighted by molar-refractivity contribution is 0.292. The van der Waals surface area contributed by atoms with Crippen LogP contribution in [0.25, 0.3) is 0 Å². The van der Waals surface area contributed by atoms with Crippen LogP contribution in [0.3, 0.4) is 0 Å². The molecule has 19 heavy (non-hydrogen) atoms. The zero-order valence-corrected chi connectivity index (χ0v) is 13.2. The quantitative estimate of drug-likeness (QED) is 0.363. The smallest absolute Gasteiger partial charge is 0.191 e. The monoisotopic (exact) mass is 268 g/mol. The molecule has 0 aliphatic heterocycles. The molecule has 0 spiro atoms. The van der Waals surface area contributed by atoms with E-state index in [0.717, 1.165) is 32.0 Å². The maximum Gasteiger partial charge on any atom is 0.191 e. The van der Waals surface area contributed by atoms with Crippen molar-refractivity contribution in [3.8, 4) is 0 Å². The summed E-state index contributed by atoms with van der Waals surface area (Å²) in [6.07, 6.45) is 4.19. The van der Waals surface area contributed by atoms with Gasteiger partial charge in [-0.25, -0.2) is 4.99 Å². The van der Waals surface area contributed by atoms with Crippen molar-refractivity contribution in [2.45, 2.75) is 46.6 Å². The second-order valence-electron chi connectivity index (χ2n) is 4.72. The second-order valence-corrected chi connectivity index (χ2v) is 4.72. The van der Waals surface area contributed by atoms with Crippen LogP contribution in [0.2, 0.25) is 0 Å². The Morgan fingerprint density at radius 2 is 2.00 bits per heavy atom. The van der Waals surface area contributed by atoms with Crippen LogP contribution in [-0.2, 0) is 0 Å². The Balaban J connectivity index is 3.98. The zero-order chi connectivity index (χ0) is 14.5. The van der Waals surface area contributed by atoms with Crippen LogP contribution in [0.5, 0.6) is 0 Å². The molecule has 0 aliphatic rings. The van der Waals surface area contributed by atoms with Gasteiger partial charge in [-0.3, -0.25) is 0 Å². The maximum absolute atomic E-state index is 4.41. The van der Waals surface area contributed by atoms with Crippen molar-refractivity contribution < 1.29 is 0 Å². The third-order valence-corrected chi connectivity index (χ3v) is 3.11. The highest BCUT2D eigenvalue weighted by Crippen LogP contribution is 1.99. The van der Waals surface area contributed by atoms with E-state index in [1.54, 1.807) is 0 Å². The van der Waals surface area contributed by atoms with Crippen molar-refractivity contribution in [2.75, 3.05) is 32.7 Å². The molecule has 0 aromatic rings. The van der Waals surface area contributed by atoms with E-state index in [1.807, 2.05) is 6.08 Å². The SMILES string of the molecule is C=CCN=C(NCC)NC(C)CCCN(CC)CC. The number of guanidine groups is 1. The molecule has 0 heterocycles. The van der Waals surface area contributed by atoms with E-state index >= 15 is 0 Å². The summed E-state index contributed by atoms with van der Waals surface area (Å²) in [5.74, 6) is 0.887. The van der Waals surface area contributed by atoms with Crippen molar-refractivity contribution in [3.05, 3.63) is 12.7 Å². The molecule has 0 amide bonds. The van der Waals surface area contributed by atoms with Crippen LogP contribution < -0.4 is 10.6 Å². The van der Waals surface area contributed by atoms with Gasteiger partial charge >= 0.3 is 0 Å². The van der Waals surface area contributed by atoms with Crippen LogP contribution >= 0.6 is 0 Å². The first kappa shape index (κ1) is 18.0. The Morgan fingerprint density at radius 1 is 1.32 bits per heavy atom. The summed E-state index contributed by atoms with van der Waals surface area (Å²) >= 11 is 0. The minimum absolute atomic E-state index is 0.443. The Bertz CT molecular complexity index is 247. The van der Waals surface area contributed by atoms with Crippen molar-refractivity contribution in [1.82, 2.24) is 15.5 Å². The Morgan fingerprint density at radius 3 is 2.53 bits per heavy atom. The standard InChI is InChI=1S/C15H32N4/c1-6-12-17-15(16-7-2)18-14(5)11-10-13-19(8-3)9-4/h6,14H,1,7-13H2,2-5H3,(H2,16,17,18). The lowest BCUT2D eigenvalue weighted by Gasteiger charge is -2.21. The molecule has 0 aromatic heterocycles. The van der Waals surface area contributed by atoms with E-state index in [2.05, 4.69) is 54.8 Å². The second kappa shape index (κ2) is 12.0. The Hall–Kier alpha value is -1.03. The Labute approximate surface area is 119 Å². The molecule has 112 valence electrons. The first-order valence-corrected chi connectivity index (χ1v) is 7.55. The fourth-order valence-electron chi connectivity index (χ4n) is 1.94. The molecule has 0 saturated heterocycles. The molecule has 0 saturated carbocycles. The van der Waals surface area contributed by atoms with Gasteiger partial charge in [0.05, 0.1) is 6.54 Å². The van der Waals surface area contributed by atoms with Gasteiger partial charge in [-0.15, -0.1) is 6.58 Å². The largest absolute Gasteiger partial charge is 0.357 e. The number of hydrogen-bond acceptors (Lipinski definition) is 2. The van der Waals surface area contributed by atoms with Crippen molar-refractivity contribution >= 4 is 5.96 Å². The van der Waals surface area contributed by atoms with Gasteiger partial charge in [0.1, 0.15) is 0 Å². The molecule has 2 N–H and O–H groups in total. The molecule has 1 unspecified atom stereocenters. The number of aliphatic imine (C=N–C) groups is 1. The van der Waals surface area contributed by atoms with Crippen molar-refractivity contribution in [3.63, 3.8) is 0 Å². The van der Waals surface area contributed by atoms with Crippen LogP contribution in [0, 0.1) is 0 Å². The molecular weight excluding hydrogens is 236 g/mol. The molecule has 0 rings (SSSR count). The van der Waals surface area contributed by atoms with Gasteiger partial charge in [0.25, 0.3) is 0 Å². The molecule has 0 radical (unpaired) electrons. The van der Waals surface area contributed by atoms with E-state index in [9.17, 15) is 0 Å². The van der Waals surface area contributed by atoms with Crippen molar-refractivity contribution in [2.24, 2.45) is 4.99 Å². The number of rotatable bonds is 10. The predicted octanol–water partition coefficient (Wildman–Crippen LogP) is 2.24. The van der Waals surface area contributed by atoms with Gasteiger partial charge in [0, 0.05) is 12.6 Å². The highest BCUT2D eigenvalue weighted by molar-refractivity contribution is 5.80. The number of nitrogens with one attached hydrogen (secondary N) is 2. The van der Waals surface area contributed by atoms with Crippen LogP contribution in [0.4, 0.5) is 0 Å². The minimum atomic E-state index is 0.443. The summed E-state index contributed by atoms with van der Waals surface area (Å²) in [6, 6.07) is 0.443. The van der Waals surface area contributed by atoms with Crippen molar-refractivity contribution in [1.29, 1.82) is 0 Å². The molecule has 0 bridgehead atoms. The van der Waals surface area contributed by atoms with Gasteiger partial charge in [0.15, 0.2) is 5.96 Å². The minimum Gasteiger partial charge on any atom is -0.357 e. The molecule has 1 atom stereocenters. The van der Waals surface area contributed by atoms with Crippen LogP contribution in [0.15, 0.2) is 17.6 Å². The number of nitrogens with zero attached hydrogens (tertiary/aromatic N) is 2. The van der Waals surface area contributed by atoms with E-state index in [1.165, 1.54) is 13.0 Å². The molecular formula is C15H32N4. The highest BCUT2D eigenvalue weighted by atomic mass is 15.2. The summed E-state index contributed by atoms with van der Waals surface area (Å²) in [7, 11) is 0. The molecule has 0 aromatic carbocycles. The highest BCUT2D eigenvalue weighted by Gasteiger charge is 2.06. The summed E-state index contributed by atoms with van der Waals surface area (Å²) in [4.78, 5) is 6.88. The fourth-order valence-corrected chi connectivity index (χ4v) is 1.94. The topological polar surface area (TPSA) is 39.7 Å². The normalized spacial score (nSPS) is 13.4. The van der Waals surface area contributed by atoms with Gasteiger partial charge in [-0.2, -0.15) is 0 Å². The molecule has 0 aliphatic carbocycles. The molecule has 4 heteroatoms. The number of hydrogen-bond donors (Lipinski definition) is 2. The maximum atomic E-state index is 4.41. The van der Waals surface area contributed by atoms with Gasteiger partial charge < -0.3 is 15.5 Å². The third-order valence-electron chi connectivity index (χ3n) is 3.11. The Kier molecular flexibility index (Phi) is 11.4. The molecule has 4 nitrogen and oxygen atoms in total. The van der Waals surface area contributed by atoms with Gasteiger partial charge in [-0.1, -0.05) is 19.9 Å².